The second-order valence-electron chi connectivity index (χ2n) is 5.51. The molecular formula is C15H13F3N2O2. The minimum absolute atomic E-state index is 0.0763. The number of halogens is 3. The summed E-state index contributed by atoms with van der Waals surface area (Å²) in [7, 11) is 0. The Bertz CT molecular complexity index is 755. The van der Waals surface area contributed by atoms with Gasteiger partial charge in [0.15, 0.2) is 0 Å². The van der Waals surface area contributed by atoms with Crippen molar-refractivity contribution in [3.63, 3.8) is 0 Å². The van der Waals surface area contributed by atoms with Gasteiger partial charge < -0.3 is 10.2 Å². The second kappa shape index (κ2) is 4.50. The normalized spacial score (nSPS) is 21.4. The fourth-order valence-electron chi connectivity index (χ4n) is 2.67. The molecule has 22 heavy (non-hydrogen) atoms. The van der Waals surface area contributed by atoms with Crippen molar-refractivity contribution in [1.82, 2.24) is 9.97 Å². The Balaban J connectivity index is 2.22. The lowest BCUT2D eigenvalue weighted by atomic mass is 9.94. The van der Waals surface area contributed by atoms with Crippen molar-refractivity contribution < 1.29 is 23.4 Å². The molecule has 2 N–H and O–H groups in total. The van der Waals surface area contributed by atoms with Gasteiger partial charge in [0.2, 0.25) is 5.82 Å². The van der Waals surface area contributed by atoms with Crippen molar-refractivity contribution in [3.8, 4) is 11.1 Å². The molecule has 0 saturated heterocycles. The molecule has 0 fully saturated rings. The Morgan fingerprint density at radius 1 is 1.23 bits per heavy atom. The molecule has 1 aliphatic rings. The fourth-order valence-corrected chi connectivity index (χ4v) is 2.67. The van der Waals surface area contributed by atoms with Crippen LogP contribution >= 0.6 is 0 Å². The molecule has 0 amide bonds. The summed E-state index contributed by atoms with van der Waals surface area (Å²) in [5.74, 6) is -1.28. The predicted molar refractivity (Wildman–Crippen MR) is 71.8 cm³/mol. The molecule has 2 atom stereocenters. The minimum atomic E-state index is -4.68. The van der Waals surface area contributed by atoms with E-state index in [1.54, 1.807) is 25.1 Å². The second-order valence-corrected chi connectivity index (χ2v) is 5.51. The van der Waals surface area contributed by atoms with Crippen LogP contribution < -0.4 is 0 Å². The lowest BCUT2D eigenvalue weighted by Crippen LogP contribution is -2.23. The molecular weight excluding hydrogens is 297 g/mol. The predicted octanol–water partition coefficient (Wildman–Crippen LogP) is 2.78. The zero-order chi connectivity index (χ0) is 16.3. The maximum Gasteiger partial charge on any atom is 0.451 e. The SMILES string of the molecule is CC(O)c1ccc2c(c1)C(C)(O)c1nc(C(F)(F)F)ncc1-2. The third kappa shape index (κ3) is 2.08. The summed E-state index contributed by atoms with van der Waals surface area (Å²) in [6.45, 7) is 2.96. The first-order valence-electron chi connectivity index (χ1n) is 6.62. The van der Waals surface area contributed by atoms with Crippen LogP contribution in [-0.4, -0.2) is 20.2 Å². The van der Waals surface area contributed by atoms with E-state index < -0.39 is 23.7 Å². The van der Waals surface area contributed by atoms with E-state index in [4.69, 9.17) is 0 Å². The Kier molecular flexibility index (Phi) is 3.05. The number of rotatable bonds is 1. The number of hydrogen-bond donors (Lipinski definition) is 2. The number of alkyl halides is 3. The number of aliphatic hydroxyl groups excluding tert-OH is 1. The van der Waals surface area contributed by atoms with Crippen molar-refractivity contribution in [2.45, 2.75) is 31.7 Å². The number of benzene rings is 1. The van der Waals surface area contributed by atoms with E-state index in [1.807, 2.05) is 0 Å². The molecule has 1 heterocycles. The van der Waals surface area contributed by atoms with Crippen LogP contribution in [0.3, 0.4) is 0 Å². The first-order chi connectivity index (χ1) is 10.1. The summed E-state index contributed by atoms with van der Waals surface area (Å²) >= 11 is 0. The topological polar surface area (TPSA) is 66.2 Å². The molecule has 0 bridgehead atoms. The van der Waals surface area contributed by atoms with Crippen molar-refractivity contribution in [2.75, 3.05) is 0 Å². The molecule has 2 aromatic rings. The highest BCUT2D eigenvalue weighted by Crippen LogP contribution is 2.47. The quantitative estimate of drug-likeness (QED) is 0.850. The van der Waals surface area contributed by atoms with Gasteiger partial charge in [-0.1, -0.05) is 12.1 Å². The molecule has 1 aliphatic carbocycles. The van der Waals surface area contributed by atoms with E-state index in [2.05, 4.69) is 9.97 Å². The van der Waals surface area contributed by atoms with Crippen molar-refractivity contribution in [2.24, 2.45) is 0 Å². The zero-order valence-corrected chi connectivity index (χ0v) is 11.8. The molecule has 2 unspecified atom stereocenters. The first kappa shape index (κ1) is 14.9. The Labute approximate surface area is 124 Å². The molecule has 4 nitrogen and oxygen atoms in total. The van der Waals surface area contributed by atoms with Crippen LogP contribution in [0.4, 0.5) is 13.2 Å². The van der Waals surface area contributed by atoms with Gasteiger partial charge in [0.05, 0.1) is 11.8 Å². The lowest BCUT2D eigenvalue weighted by Gasteiger charge is -2.20. The molecule has 3 rings (SSSR count). The highest BCUT2D eigenvalue weighted by atomic mass is 19.4. The minimum Gasteiger partial charge on any atom is -0.389 e. The number of aliphatic hydroxyl groups is 2. The summed E-state index contributed by atoms with van der Waals surface area (Å²) in [5.41, 5.74) is 0.166. The lowest BCUT2D eigenvalue weighted by molar-refractivity contribution is -0.145. The van der Waals surface area contributed by atoms with Crippen molar-refractivity contribution >= 4 is 0 Å². The molecule has 1 aromatic heterocycles. The monoisotopic (exact) mass is 310 g/mol. The number of fused-ring (bicyclic) bond motifs is 3. The molecule has 116 valence electrons. The van der Waals surface area contributed by atoms with Gasteiger partial charge in [0.25, 0.3) is 0 Å². The van der Waals surface area contributed by atoms with Crippen LogP contribution in [0.15, 0.2) is 24.4 Å². The smallest absolute Gasteiger partial charge is 0.389 e. The number of nitrogens with zero attached hydrogens (tertiary/aromatic N) is 2. The van der Waals surface area contributed by atoms with Gasteiger partial charge in [-0.05, 0) is 36.6 Å². The van der Waals surface area contributed by atoms with Crippen LogP contribution in [0.1, 0.15) is 42.6 Å². The van der Waals surface area contributed by atoms with Crippen LogP contribution in [0, 0.1) is 0 Å². The fraction of sp³-hybridized carbons (Fsp3) is 0.333. The Morgan fingerprint density at radius 3 is 2.50 bits per heavy atom. The van der Waals surface area contributed by atoms with E-state index in [0.717, 1.165) is 6.20 Å². The van der Waals surface area contributed by atoms with Gasteiger partial charge in [-0.15, -0.1) is 0 Å². The average molecular weight is 310 g/mol. The van der Waals surface area contributed by atoms with E-state index in [-0.39, 0.29) is 5.69 Å². The van der Waals surface area contributed by atoms with Gasteiger partial charge in [0.1, 0.15) is 5.60 Å². The van der Waals surface area contributed by atoms with Crippen molar-refractivity contribution in [1.29, 1.82) is 0 Å². The van der Waals surface area contributed by atoms with Gasteiger partial charge in [-0.2, -0.15) is 13.2 Å². The van der Waals surface area contributed by atoms with Crippen LogP contribution in [-0.2, 0) is 11.8 Å². The summed E-state index contributed by atoms with van der Waals surface area (Å²) in [6.07, 6.45) is -4.35. The highest BCUT2D eigenvalue weighted by molar-refractivity contribution is 5.78. The largest absolute Gasteiger partial charge is 0.451 e. The van der Waals surface area contributed by atoms with Crippen molar-refractivity contribution in [3.05, 3.63) is 47.0 Å². The van der Waals surface area contributed by atoms with Crippen LogP contribution in [0.25, 0.3) is 11.1 Å². The summed E-state index contributed by atoms with van der Waals surface area (Å²) < 4.78 is 38.3. The number of aromatic nitrogens is 2. The van der Waals surface area contributed by atoms with E-state index in [0.29, 0.717) is 22.3 Å². The Hall–Kier alpha value is -1.99. The third-order valence-electron chi connectivity index (χ3n) is 3.84. The summed E-state index contributed by atoms with van der Waals surface area (Å²) in [6, 6.07) is 4.88. The highest BCUT2D eigenvalue weighted by Gasteiger charge is 2.43. The maximum atomic E-state index is 12.8. The molecule has 0 spiro atoms. The van der Waals surface area contributed by atoms with E-state index >= 15 is 0 Å². The standard InChI is InChI=1S/C15H13F3N2O2/c1-7(21)8-3-4-9-10-6-19-13(15(16,17)18)20-12(10)14(2,22)11(9)5-8/h3-7,21-22H,1-2H3. The van der Waals surface area contributed by atoms with E-state index in [9.17, 15) is 23.4 Å². The summed E-state index contributed by atoms with van der Waals surface area (Å²) in [4.78, 5) is 6.86. The van der Waals surface area contributed by atoms with Crippen LogP contribution in [0.5, 0.6) is 0 Å². The molecule has 0 aliphatic heterocycles. The first-order valence-corrected chi connectivity index (χ1v) is 6.62. The Morgan fingerprint density at radius 2 is 1.91 bits per heavy atom. The number of hydrogen-bond acceptors (Lipinski definition) is 4. The third-order valence-corrected chi connectivity index (χ3v) is 3.84. The van der Waals surface area contributed by atoms with Gasteiger partial charge in [-0.3, -0.25) is 0 Å². The molecule has 0 saturated carbocycles. The van der Waals surface area contributed by atoms with Crippen LogP contribution in [0.2, 0.25) is 0 Å². The summed E-state index contributed by atoms with van der Waals surface area (Å²) in [5, 5.41) is 20.3. The molecule has 7 heteroatoms. The molecule has 0 radical (unpaired) electrons. The zero-order valence-electron chi connectivity index (χ0n) is 11.8. The average Bonchev–Trinajstić information content (AvgIpc) is 2.66. The van der Waals surface area contributed by atoms with E-state index in [1.165, 1.54) is 6.92 Å². The maximum absolute atomic E-state index is 12.8. The van der Waals surface area contributed by atoms with Gasteiger partial charge in [-0.25, -0.2) is 9.97 Å². The van der Waals surface area contributed by atoms with Gasteiger partial charge >= 0.3 is 6.18 Å². The molecule has 1 aromatic carbocycles. The van der Waals surface area contributed by atoms with Gasteiger partial charge in [0, 0.05) is 11.8 Å².